The van der Waals surface area contributed by atoms with Crippen molar-refractivity contribution in [3.8, 4) is 0 Å². The number of nitrogens with zero attached hydrogens (tertiary/aromatic N) is 2. The molecule has 0 aromatic heterocycles. The smallest absolute Gasteiger partial charge is 0.326 e. The average Bonchev–Trinajstić information content (AvgIpc) is 1.70. The van der Waals surface area contributed by atoms with E-state index in [1.54, 1.807) is 85.7 Å². The second-order valence-electron chi connectivity index (χ2n) is 34.1. The minimum absolute atomic E-state index is 0.000139. The number of carbonyl (C=O) groups is 21. The van der Waals surface area contributed by atoms with E-state index in [-0.39, 0.29) is 83.0 Å². The number of hydrogen-bond donors (Lipinski definition) is 25. The van der Waals surface area contributed by atoms with E-state index in [0.29, 0.717) is 44.1 Å². The topological polar surface area (TPSA) is 785 Å². The van der Waals surface area contributed by atoms with Crippen LogP contribution in [0.2, 0.25) is 0 Å². The zero-order valence-corrected chi connectivity index (χ0v) is 77.6. The molecule has 0 radical (unpaired) electrons. The lowest BCUT2D eigenvalue weighted by molar-refractivity contribution is -0.144. The van der Waals surface area contributed by atoms with Crippen molar-refractivity contribution in [2.45, 2.75) is 307 Å². The summed E-state index contributed by atoms with van der Waals surface area (Å²) < 4.78 is 0. The van der Waals surface area contributed by atoms with Crippen LogP contribution in [-0.4, -0.2) is 313 Å². The molecule has 2 aliphatic heterocycles. The largest absolute Gasteiger partial charge is 0.481 e. The molecule has 17 amide bonds. The summed E-state index contributed by atoms with van der Waals surface area (Å²) in [5.41, 5.74) is 28.7. The second kappa shape index (κ2) is 59.4. The fraction of sp³-hybridized carbons (Fsp3) is 0.682. The van der Waals surface area contributed by atoms with E-state index in [9.17, 15) is 121 Å². The van der Waals surface area contributed by atoms with Gasteiger partial charge in [0.2, 0.25) is 100 Å². The molecule has 30 N–H and O–H groups in total. The fourth-order valence-corrected chi connectivity index (χ4v) is 13.8. The molecule has 3 rings (SSSR count). The van der Waals surface area contributed by atoms with Gasteiger partial charge in [0, 0.05) is 38.8 Å². The molecule has 48 nitrogen and oxygen atoms in total. The first-order valence-corrected chi connectivity index (χ1v) is 44.6. The summed E-state index contributed by atoms with van der Waals surface area (Å²) >= 11 is 0. The van der Waals surface area contributed by atoms with Crippen LogP contribution in [0.25, 0.3) is 0 Å². The zero-order valence-electron chi connectivity index (χ0n) is 77.6. The monoisotopic (exact) mass is 1890 g/mol. The summed E-state index contributed by atoms with van der Waals surface area (Å²) in [6.45, 7) is 18.2. The highest BCUT2D eigenvalue weighted by Gasteiger charge is 2.44. The third-order valence-electron chi connectivity index (χ3n) is 22.1. The van der Waals surface area contributed by atoms with E-state index >= 15 is 0 Å². The molecular formula is C85H141N21O27. The number of nitrogens with one attached hydrogen (secondary N) is 14. The molecule has 1 aromatic rings. The van der Waals surface area contributed by atoms with Gasteiger partial charge in [0.25, 0.3) is 0 Å². The lowest BCUT2D eigenvalue weighted by Gasteiger charge is -2.32. The first-order valence-electron chi connectivity index (χ1n) is 44.6. The number of carboxylic acids is 4. The Balaban J connectivity index is 0.000000900. The Kier molecular flexibility index (Phi) is 52.2. The van der Waals surface area contributed by atoms with Crippen LogP contribution < -0.4 is 103 Å². The van der Waals surface area contributed by atoms with E-state index in [1.807, 2.05) is 0 Å². The maximum atomic E-state index is 13.9. The fourth-order valence-electron chi connectivity index (χ4n) is 13.8. The van der Waals surface area contributed by atoms with Crippen LogP contribution in [0.1, 0.15) is 198 Å². The van der Waals surface area contributed by atoms with Gasteiger partial charge in [-0.05, 0) is 153 Å². The van der Waals surface area contributed by atoms with Gasteiger partial charge in [-0.15, -0.1) is 0 Å². The van der Waals surface area contributed by atoms with Crippen LogP contribution in [0.5, 0.6) is 0 Å². The Morgan fingerprint density at radius 1 is 0.368 bits per heavy atom. The number of primary amides is 1. The standard InChI is InChI=1S/C44H70N10O13.C41H71N11O14/c1-23(2)34(42(64)48-28(15-10-11-19-45)38(60)51-31(22-55)40(62)49-29(44(66)67)17-18-33(56)57)52-37(59)26(6)47-39(61)30(21-27-13-8-7-9-14-27)50-41(63)32-16-12-20-54(32)43(65)35(24(3)4)53-36(58)25(5)46;1-7-21(4)32(51-38(62)28-12-10-18-52(28)40(64)31(20(2)3)50-33(57)22(5)43)39(63)45-23(6)34(58)46-25(13-15-29(44)54)36(60)47-24(11-8-9-17-42)35(59)49-27(19-53)37(61)48-26(41(65)66)14-16-30(55)56/h7-9,13-14,23-26,28-32,34-35,55H,10-12,15-22,45-46H2,1-6H3,(H,47,61)(H,48,64)(H,49,62)(H,50,63)(H,51,60)(H,52,59)(H,53,58)(H,56,57)(H,66,67);20-28,31-32,53H,7-19,42-43H2,1-6H3,(H2,44,54)(H,45,63)(H,46,58)(H,47,60)(H,48,61)(H,49,59)(H,50,57)(H,51,62)(H,55,56)(H,65,66)/t25-,26-,28-,29-,30-,31-,32-,34-,35-;21?,22-,23-,24-,25-,26-,27-,28-,31-,32-/m00/s1. The summed E-state index contributed by atoms with van der Waals surface area (Å²) in [6.07, 6.45) is 0.302. The Morgan fingerprint density at radius 2 is 0.699 bits per heavy atom. The first-order chi connectivity index (χ1) is 62.4. The van der Waals surface area contributed by atoms with Gasteiger partial charge < -0.3 is 144 Å². The number of aliphatic hydroxyl groups excluding tert-OH is 2. The van der Waals surface area contributed by atoms with Gasteiger partial charge in [-0.3, -0.25) is 91.1 Å². The van der Waals surface area contributed by atoms with Crippen molar-refractivity contribution in [3.05, 3.63) is 35.9 Å². The third kappa shape index (κ3) is 40.5. The number of aliphatic hydroxyl groups is 2. The van der Waals surface area contributed by atoms with Gasteiger partial charge in [-0.25, -0.2) is 9.59 Å². The van der Waals surface area contributed by atoms with Crippen LogP contribution >= 0.6 is 0 Å². The molecule has 2 saturated heterocycles. The van der Waals surface area contributed by atoms with Gasteiger partial charge in [-0.2, -0.15) is 0 Å². The normalized spacial score (nSPS) is 17.3. The number of aliphatic carboxylic acids is 4. The second-order valence-corrected chi connectivity index (χ2v) is 34.1. The number of hydrogen-bond acceptors (Lipinski definition) is 27. The van der Waals surface area contributed by atoms with E-state index in [2.05, 4.69) is 74.4 Å². The molecule has 2 fully saturated rings. The molecule has 2 heterocycles. The number of amides is 17. The summed E-state index contributed by atoms with van der Waals surface area (Å²) in [6, 6.07) is -14.2. The number of rotatable bonds is 58. The molecule has 1 unspecified atom stereocenters. The maximum absolute atomic E-state index is 13.9. The molecule has 19 atom stereocenters. The number of likely N-dealkylation sites (tertiary alicyclic amines) is 2. The molecule has 133 heavy (non-hydrogen) atoms. The number of unbranched alkanes of at least 4 members (excludes halogenated alkanes) is 2. The van der Waals surface area contributed by atoms with Gasteiger partial charge in [0.15, 0.2) is 0 Å². The highest BCUT2D eigenvalue weighted by molar-refractivity contribution is 6.01. The van der Waals surface area contributed by atoms with Crippen molar-refractivity contribution in [1.82, 2.24) is 84.2 Å². The molecule has 0 bridgehead atoms. The van der Waals surface area contributed by atoms with Crippen molar-refractivity contribution in [2.24, 2.45) is 52.3 Å². The molecular weight excluding hydrogens is 1750 g/mol. The summed E-state index contributed by atoms with van der Waals surface area (Å²) in [7, 11) is 0. The Morgan fingerprint density at radius 3 is 1.07 bits per heavy atom. The van der Waals surface area contributed by atoms with E-state index in [0.717, 1.165) is 0 Å². The van der Waals surface area contributed by atoms with E-state index in [4.69, 9.17) is 38.9 Å². The zero-order chi connectivity index (χ0) is 101. The molecule has 0 aliphatic carbocycles. The Labute approximate surface area is 771 Å². The predicted octanol–water partition coefficient (Wildman–Crippen LogP) is -6.86. The predicted molar refractivity (Wildman–Crippen MR) is 477 cm³/mol. The molecule has 1 aromatic carbocycles. The van der Waals surface area contributed by atoms with Crippen molar-refractivity contribution in [3.63, 3.8) is 0 Å². The highest BCUT2D eigenvalue weighted by atomic mass is 16.4. The lowest BCUT2D eigenvalue weighted by Crippen LogP contribution is -2.61. The van der Waals surface area contributed by atoms with Crippen LogP contribution in [0.4, 0.5) is 0 Å². The van der Waals surface area contributed by atoms with Crippen molar-refractivity contribution < 1.29 is 131 Å². The van der Waals surface area contributed by atoms with Crippen molar-refractivity contribution in [2.75, 3.05) is 39.4 Å². The molecule has 2 aliphatic rings. The van der Waals surface area contributed by atoms with Crippen molar-refractivity contribution >= 4 is 124 Å². The molecule has 48 heteroatoms. The van der Waals surface area contributed by atoms with Gasteiger partial charge in [0.1, 0.15) is 96.7 Å². The van der Waals surface area contributed by atoms with E-state index in [1.165, 1.54) is 37.5 Å². The number of nitrogens with two attached hydrogens (primary N) is 5. The first kappa shape index (κ1) is 117. The van der Waals surface area contributed by atoms with Crippen LogP contribution in [-0.2, 0) is 107 Å². The van der Waals surface area contributed by atoms with Gasteiger partial charge in [0.05, 0.1) is 25.3 Å². The summed E-state index contributed by atoms with van der Waals surface area (Å²) in [5.74, 6) is -20.9. The van der Waals surface area contributed by atoms with Crippen LogP contribution in [0, 0.1) is 23.7 Å². The SMILES string of the molecule is CC(C)[C@H](NC(=O)[C@H](C)NC(=O)[C@H](Cc1ccccc1)NC(=O)[C@@H]1CCCN1C(=O)[C@@H](NC(=O)[C@H](C)N)C(C)C)C(=O)N[C@@H](CCCCN)C(=O)N[C@@H](CO)C(=O)N[C@@H](CCC(=O)O)C(=O)O.CCC(C)[C@H](NC(=O)[C@@H]1CCCN1C(=O)[C@@H](NC(=O)[C@H](C)N)C(C)C)C(=O)N[C@@H](C)C(=O)N[C@@H](CCC(N)=O)C(=O)N[C@@H](CCCCN)C(=O)N[C@@H](CO)C(=O)N[C@@H](CCC(=O)O)C(=O)O. The van der Waals surface area contributed by atoms with Crippen LogP contribution in [0.3, 0.4) is 0 Å². The average molecular weight is 1890 g/mol. The van der Waals surface area contributed by atoms with Crippen LogP contribution in [0.15, 0.2) is 30.3 Å². The Bertz CT molecular complexity index is 4120. The minimum atomic E-state index is -1.74. The number of carbonyl (C=O) groups excluding carboxylic acids is 17. The number of benzene rings is 1. The maximum Gasteiger partial charge on any atom is 0.326 e. The molecule has 0 saturated carbocycles. The molecule has 748 valence electrons. The van der Waals surface area contributed by atoms with Crippen molar-refractivity contribution in [1.29, 1.82) is 0 Å². The number of carboxylic acid groups (broad SMARTS) is 4. The molecule has 0 spiro atoms. The summed E-state index contributed by atoms with van der Waals surface area (Å²) in [4.78, 5) is 275. The minimum Gasteiger partial charge on any atom is -0.481 e. The third-order valence-corrected chi connectivity index (χ3v) is 22.1. The van der Waals surface area contributed by atoms with Gasteiger partial charge in [-0.1, -0.05) is 92.1 Å². The lowest BCUT2D eigenvalue weighted by atomic mass is 9.97. The highest BCUT2D eigenvalue weighted by Crippen LogP contribution is 2.24. The van der Waals surface area contributed by atoms with Gasteiger partial charge >= 0.3 is 23.9 Å². The quantitative estimate of drug-likeness (QED) is 0.0270. The summed E-state index contributed by atoms with van der Waals surface area (Å²) in [5, 5.41) is 91.2. The van der Waals surface area contributed by atoms with E-state index < -0.39 is 290 Å². The Hall–Kier alpha value is -12.1.